The highest BCUT2D eigenvalue weighted by atomic mass is 32.2. The van der Waals surface area contributed by atoms with E-state index in [0.29, 0.717) is 0 Å². The van der Waals surface area contributed by atoms with Crippen molar-refractivity contribution in [3.63, 3.8) is 0 Å². The van der Waals surface area contributed by atoms with Gasteiger partial charge < -0.3 is 10.2 Å². The van der Waals surface area contributed by atoms with E-state index in [2.05, 4.69) is 0 Å². The minimum Gasteiger partial charge on any atom is -0.508 e. The smallest absolute Gasteiger partial charge is 0.116 e. The first kappa shape index (κ1) is 11.4. The van der Waals surface area contributed by atoms with E-state index in [1.807, 2.05) is 36.4 Å². The van der Waals surface area contributed by atoms with E-state index < -0.39 is 0 Å². The fourth-order valence-corrected chi connectivity index (χ4v) is 3.04. The summed E-state index contributed by atoms with van der Waals surface area (Å²) in [6.45, 7) is 0.0555. The summed E-state index contributed by atoms with van der Waals surface area (Å²) < 4.78 is 0. The second kappa shape index (κ2) is 4.52. The molecule has 1 aliphatic heterocycles. The van der Waals surface area contributed by atoms with E-state index >= 15 is 0 Å². The van der Waals surface area contributed by atoms with Crippen LogP contribution >= 0.6 is 11.8 Å². The zero-order chi connectivity index (χ0) is 12.5. The lowest BCUT2D eigenvalue weighted by Gasteiger charge is -2.07. The summed E-state index contributed by atoms with van der Waals surface area (Å²) in [5, 5.41) is 18.7. The second-order valence-corrected chi connectivity index (χ2v) is 5.27. The van der Waals surface area contributed by atoms with Crippen molar-refractivity contribution in [2.75, 3.05) is 0 Å². The van der Waals surface area contributed by atoms with Crippen LogP contribution in [0.2, 0.25) is 0 Å². The van der Waals surface area contributed by atoms with Gasteiger partial charge in [0.05, 0.1) is 6.61 Å². The maximum absolute atomic E-state index is 9.50. The number of aliphatic hydroxyl groups is 1. The topological polar surface area (TPSA) is 40.5 Å². The van der Waals surface area contributed by atoms with Crippen LogP contribution in [0.4, 0.5) is 0 Å². The van der Waals surface area contributed by atoms with Gasteiger partial charge in [0.25, 0.3) is 0 Å². The van der Waals surface area contributed by atoms with Crippen LogP contribution in [0.5, 0.6) is 5.75 Å². The van der Waals surface area contributed by atoms with Gasteiger partial charge >= 0.3 is 0 Å². The Morgan fingerprint density at radius 3 is 2.56 bits per heavy atom. The summed E-state index contributed by atoms with van der Waals surface area (Å²) in [5.41, 5.74) is 3.06. The Labute approximate surface area is 110 Å². The zero-order valence-corrected chi connectivity index (χ0v) is 10.4. The molecule has 0 bridgehead atoms. The third-order valence-electron chi connectivity index (χ3n) is 2.92. The summed E-state index contributed by atoms with van der Waals surface area (Å²) >= 11 is 1.66. The molecule has 0 saturated carbocycles. The van der Waals surface area contributed by atoms with Crippen LogP contribution < -0.4 is 0 Å². The molecule has 0 atom stereocenters. The molecule has 0 spiro atoms. The van der Waals surface area contributed by atoms with Gasteiger partial charge in [0.1, 0.15) is 5.75 Å². The van der Waals surface area contributed by atoms with Crippen LogP contribution in [-0.4, -0.2) is 10.2 Å². The van der Waals surface area contributed by atoms with Crippen molar-refractivity contribution in [2.45, 2.75) is 16.4 Å². The summed E-state index contributed by atoms with van der Waals surface area (Å²) in [7, 11) is 0. The third-order valence-corrected chi connectivity index (χ3v) is 4.08. The van der Waals surface area contributed by atoms with Crippen LogP contribution in [0.15, 0.2) is 46.2 Å². The van der Waals surface area contributed by atoms with E-state index in [9.17, 15) is 10.2 Å². The maximum Gasteiger partial charge on any atom is 0.116 e. The Balaban J connectivity index is 2.11. The molecular formula is C15H12O2S. The normalized spacial score (nSPS) is 12.7. The molecule has 0 aromatic heterocycles. The Bertz CT molecular complexity index is 632. The molecule has 0 radical (unpaired) electrons. The summed E-state index contributed by atoms with van der Waals surface area (Å²) in [6.07, 6.45) is 4.04. The number of aromatic hydroxyl groups is 1. The molecule has 0 fully saturated rings. The predicted octanol–water partition coefficient (Wildman–Crippen LogP) is 3.52. The fraction of sp³-hybridized carbons (Fsp3) is 0.0667. The molecule has 2 aromatic carbocycles. The first-order valence-corrected chi connectivity index (χ1v) is 6.50. The second-order valence-electron chi connectivity index (χ2n) is 4.19. The molecule has 2 N–H and O–H groups in total. The zero-order valence-electron chi connectivity index (χ0n) is 9.63. The van der Waals surface area contributed by atoms with E-state index in [-0.39, 0.29) is 12.4 Å². The molecule has 2 aromatic rings. The van der Waals surface area contributed by atoms with E-state index in [1.54, 1.807) is 23.9 Å². The van der Waals surface area contributed by atoms with Crippen molar-refractivity contribution in [1.82, 2.24) is 0 Å². The van der Waals surface area contributed by atoms with Crippen molar-refractivity contribution in [1.29, 1.82) is 0 Å². The average Bonchev–Trinajstić information content (AvgIpc) is 2.56. The lowest BCUT2D eigenvalue weighted by Crippen LogP contribution is -1.86. The Hall–Kier alpha value is -1.71. The Morgan fingerprint density at radius 1 is 0.889 bits per heavy atom. The number of phenols is 1. The van der Waals surface area contributed by atoms with E-state index in [4.69, 9.17) is 0 Å². The van der Waals surface area contributed by atoms with Gasteiger partial charge in [-0.2, -0.15) is 0 Å². The first-order chi connectivity index (χ1) is 8.76. The molecule has 90 valence electrons. The van der Waals surface area contributed by atoms with Gasteiger partial charge in [0.2, 0.25) is 0 Å². The minimum atomic E-state index is 0.0555. The Morgan fingerprint density at radius 2 is 1.72 bits per heavy atom. The van der Waals surface area contributed by atoms with Crippen molar-refractivity contribution in [3.05, 3.63) is 53.1 Å². The standard InChI is InChI=1S/C15H12O2S/c16-9-10-1-2-11-3-4-12-8-13(17)5-6-14(12)18-15(11)7-10/h1-8,16-17H,9H2. The summed E-state index contributed by atoms with van der Waals surface area (Å²) in [5.74, 6) is 0.279. The lowest BCUT2D eigenvalue weighted by molar-refractivity contribution is 0.281. The molecule has 0 amide bonds. The summed E-state index contributed by atoms with van der Waals surface area (Å²) in [4.78, 5) is 2.24. The van der Waals surface area contributed by atoms with E-state index in [1.165, 1.54) is 0 Å². The van der Waals surface area contributed by atoms with Crippen LogP contribution in [0, 0.1) is 0 Å². The molecule has 18 heavy (non-hydrogen) atoms. The number of hydrogen-bond donors (Lipinski definition) is 2. The number of fused-ring (bicyclic) bond motifs is 2. The first-order valence-electron chi connectivity index (χ1n) is 5.69. The molecule has 0 aliphatic carbocycles. The van der Waals surface area contributed by atoms with Crippen LogP contribution in [0.25, 0.3) is 12.2 Å². The molecule has 3 rings (SSSR count). The van der Waals surface area contributed by atoms with Gasteiger partial charge in [-0.1, -0.05) is 36.0 Å². The molecule has 1 heterocycles. The Kier molecular flexibility index (Phi) is 2.86. The third kappa shape index (κ3) is 2.03. The highest BCUT2D eigenvalue weighted by Crippen LogP contribution is 2.38. The highest BCUT2D eigenvalue weighted by Gasteiger charge is 2.11. The maximum atomic E-state index is 9.50. The van der Waals surface area contributed by atoms with Gasteiger partial charge in [0, 0.05) is 9.79 Å². The lowest BCUT2D eigenvalue weighted by atomic mass is 10.1. The van der Waals surface area contributed by atoms with Crippen molar-refractivity contribution in [3.8, 4) is 5.75 Å². The molecule has 1 aliphatic rings. The van der Waals surface area contributed by atoms with Crippen LogP contribution in [0.3, 0.4) is 0 Å². The predicted molar refractivity (Wildman–Crippen MR) is 73.5 cm³/mol. The van der Waals surface area contributed by atoms with Crippen molar-refractivity contribution in [2.24, 2.45) is 0 Å². The van der Waals surface area contributed by atoms with Gasteiger partial charge in [-0.3, -0.25) is 0 Å². The van der Waals surface area contributed by atoms with Crippen LogP contribution in [-0.2, 0) is 6.61 Å². The molecule has 0 unspecified atom stereocenters. The number of benzene rings is 2. The highest BCUT2D eigenvalue weighted by molar-refractivity contribution is 7.99. The van der Waals surface area contributed by atoms with Gasteiger partial charge in [-0.25, -0.2) is 0 Å². The van der Waals surface area contributed by atoms with Crippen molar-refractivity contribution < 1.29 is 10.2 Å². The number of hydrogen-bond acceptors (Lipinski definition) is 3. The SMILES string of the molecule is OCc1ccc2c(c1)Sc1ccc(O)cc1C=C2. The van der Waals surface area contributed by atoms with Gasteiger partial charge in [-0.15, -0.1) is 0 Å². The summed E-state index contributed by atoms with van der Waals surface area (Å²) in [6, 6.07) is 11.3. The number of rotatable bonds is 1. The van der Waals surface area contributed by atoms with Gasteiger partial charge in [0.15, 0.2) is 0 Å². The van der Waals surface area contributed by atoms with Gasteiger partial charge in [-0.05, 0) is 41.0 Å². The minimum absolute atomic E-state index is 0.0555. The van der Waals surface area contributed by atoms with E-state index in [0.717, 1.165) is 26.5 Å². The van der Waals surface area contributed by atoms with Crippen LogP contribution in [0.1, 0.15) is 16.7 Å². The molecule has 2 nitrogen and oxygen atoms in total. The molecule has 3 heteroatoms. The largest absolute Gasteiger partial charge is 0.508 e. The average molecular weight is 256 g/mol. The molecular weight excluding hydrogens is 244 g/mol. The number of aliphatic hydroxyl groups excluding tert-OH is 1. The fourth-order valence-electron chi connectivity index (χ4n) is 1.96. The molecule has 0 saturated heterocycles. The monoisotopic (exact) mass is 256 g/mol. The quantitative estimate of drug-likeness (QED) is 0.700. The van der Waals surface area contributed by atoms with Crippen molar-refractivity contribution >= 4 is 23.9 Å². The number of phenolic OH excluding ortho intramolecular Hbond substituents is 1.